The van der Waals surface area contributed by atoms with E-state index in [0.717, 1.165) is 0 Å². The maximum absolute atomic E-state index is 12.8. The van der Waals surface area contributed by atoms with Crippen LogP contribution in [0.1, 0.15) is 13.3 Å². The van der Waals surface area contributed by atoms with Crippen molar-refractivity contribution in [3.8, 4) is 5.75 Å². The van der Waals surface area contributed by atoms with Crippen LogP contribution in [0.4, 0.5) is 11.4 Å². The highest BCUT2D eigenvalue weighted by Gasteiger charge is 2.29. The fraction of sp³-hybridized carbons (Fsp3) is 0.222. The van der Waals surface area contributed by atoms with Gasteiger partial charge in [0.05, 0.1) is 21.4 Å². The number of nitrogens with one attached hydrogen (secondary N) is 1. The molecule has 1 atom stereocenters. The van der Waals surface area contributed by atoms with Crippen molar-refractivity contribution in [3.63, 3.8) is 0 Å². The Morgan fingerprint density at radius 1 is 1.24 bits per heavy atom. The molecule has 1 N–H and O–H groups in total. The summed E-state index contributed by atoms with van der Waals surface area (Å²) < 4.78 is 5.55. The summed E-state index contributed by atoms with van der Waals surface area (Å²) in [5.74, 6) is 0.0795. The zero-order valence-electron chi connectivity index (χ0n) is 13.5. The second-order valence-electron chi connectivity index (χ2n) is 5.75. The molecule has 1 heterocycles. The number of carbonyl (C=O) groups is 2. The number of hydrogen-bond acceptors (Lipinski definition) is 3. The van der Waals surface area contributed by atoms with Gasteiger partial charge in [0.2, 0.25) is 5.91 Å². The smallest absolute Gasteiger partial charge is 0.265 e. The van der Waals surface area contributed by atoms with Crippen molar-refractivity contribution in [2.45, 2.75) is 19.4 Å². The Hall–Kier alpha value is -2.24. The predicted octanol–water partition coefficient (Wildman–Crippen LogP) is 4.14. The molecule has 130 valence electrons. The number of ether oxygens (including phenoxy) is 1. The number of rotatable bonds is 3. The molecule has 2 amide bonds. The minimum atomic E-state index is -0.284. The summed E-state index contributed by atoms with van der Waals surface area (Å²) in [6.45, 7) is 1.66. The molecule has 0 spiro atoms. The molecule has 0 aromatic heterocycles. The number of para-hydroxylation sites is 2. The molecular weight excluding hydrogens is 363 g/mol. The van der Waals surface area contributed by atoms with Crippen LogP contribution in [0.3, 0.4) is 0 Å². The summed E-state index contributed by atoms with van der Waals surface area (Å²) in [4.78, 5) is 26.3. The minimum Gasteiger partial charge on any atom is -0.484 e. The number of benzene rings is 2. The quantitative estimate of drug-likeness (QED) is 0.872. The van der Waals surface area contributed by atoms with Gasteiger partial charge in [0.15, 0.2) is 6.61 Å². The molecule has 0 saturated carbocycles. The lowest BCUT2D eigenvalue weighted by molar-refractivity contribution is -0.121. The average molecular weight is 379 g/mol. The molecule has 0 saturated heterocycles. The third-order valence-corrected chi connectivity index (χ3v) is 4.62. The van der Waals surface area contributed by atoms with Crippen molar-refractivity contribution in [3.05, 3.63) is 52.5 Å². The summed E-state index contributed by atoms with van der Waals surface area (Å²) in [5, 5.41) is 3.59. The number of fused-ring (bicyclic) bond motifs is 1. The molecule has 1 aliphatic rings. The summed E-state index contributed by atoms with van der Waals surface area (Å²) >= 11 is 11.8. The van der Waals surface area contributed by atoms with E-state index >= 15 is 0 Å². The second-order valence-corrected chi connectivity index (χ2v) is 6.56. The highest BCUT2D eigenvalue weighted by Crippen LogP contribution is 2.31. The van der Waals surface area contributed by atoms with Gasteiger partial charge in [0.25, 0.3) is 5.91 Å². The van der Waals surface area contributed by atoms with Gasteiger partial charge in [-0.05, 0) is 31.2 Å². The number of amides is 2. The van der Waals surface area contributed by atoms with Gasteiger partial charge in [-0.3, -0.25) is 9.59 Å². The number of hydrogen-bond donors (Lipinski definition) is 1. The van der Waals surface area contributed by atoms with Crippen LogP contribution >= 0.6 is 23.2 Å². The van der Waals surface area contributed by atoms with Crippen LogP contribution in [0.5, 0.6) is 5.75 Å². The van der Waals surface area contributed by atoms with E-state index in [1.54, 1.807) is 35.2 Å². The molecule has 25 heavy (non-hydrogen) atoms. The fourth-order valence-electron chi connectivity index (χ4n) is 2.75. The molecule has 2 aromatic rings. The lowest BCUT2D eigenvalue weighted by Gasteiger charge is -2.27. The first kappa shape index (κ1) is 17.6. The van der Waals surface area contributed by atoms with Gasteiger partial charge in [0.1, 0.15) is 5.75 Å². The van der Waals surface area contributed by atoms with E-state index in [1.807, 2.05) is 19.1 Å². The summed E-state index contributed by atoms with van der Waals surface area (Å²) in [6, 6.07) is 11.7. The first-order chi connectivity index (χ1) is 12.0. The Kier molecular flexibility index (Phi) is 5.16. The van der Waals surface area contributed by atoms with E-state index in [-0.39, 0.29) is 30.9 Å². The van der Waals surface area contributed by atoms with Crippen molar-refractivity contribution in [1.82, 2.24) is 0 Å². The zero-order valence-corrected chi connectivity index (χ0v) is 15.0. The summed E-state index contributed by atoms with van der Waals surface area (Å²) in [7, 11) is 0. The Bertz CT molecular complexity index is 826. The first-order valence-electron chi connectivity index (χ1n) is 7.74. The predicted molar refractivity (Wildman–Crippen MR) is 98.6 cm³/mol. The van der Waals surface area contributed by atoms with E-state index in [9.17, 15) is 9.59 Å². The number of carbonyl (C=O) groups excluding carboxylic acids is 2. The molecule has 5 nitrogen and oxygen atoms in total. The van der Waals surface area contributed by atoms with E-state index in [1.165, 1.54) is 0 Å². The first-order valence-corrected chi connectivity index (χ1v) is 8.50. The van der Waals surface area contributed by atoms with Gasteiger partial charge in [-0.15, -0.1) is 0 Å². The van der Waals surface area contributed by atoms with Crippen molar-refractivity contribution in [1.29, 1.82) is 0 Å². The molecule has 0 radical (unpaired) electrons. The highest BCUT2D eigenvalue weighted by atomic mass is 35.5. The van der Waals surface area contributed by atoms with Gasteiger partial charge in [-0.1, -0.05) is 35.3 Å². The Morgan fingerprint density at radius 2 is 2.00 bits per heavy atom. The van der Waals surface area contributed by atoms with Gasteiger partial charge < -0.3 is 15.0 Å². The van der Waals surface area contributed by atoms with Crippen molar-refractivity contribution in [2.24, 2.45) is 0 Å². The minimum absolute atomic E-state index is 0.124. The standard InChI is InChI=1S/C18H16Cl2N2O3/c1-11-8-17(23)21-15-4-2-3-5-16(15)22(11)18(24)10-25-12-6-7-13(19)14(20)9-12/h2-7,9,11H,8,10H2,1H3,(H,21,23). The van der Waals surface area contributed by atoms with Crippen molar-refractivity contribution >= 4 is 46.4 Å². The van der Waals surface area contributed by atoms with Gasteiger partial charge in [-0.25, -0.2) is 0 Å². The molecule has 0 bridgehead atoms. The normalized spacial score (nSPS) is 16.7. The van der Waals surface area contributed by atoms with Crippen molar-refractivity contribution < 1.29 is 14.3 Å². The number of anilines is 2. The van der Waals surface area contributed by atoms with Gasteiger partial charge in [-0.2, -0.15) is 0 Å². The largest absolute Gasteiger partial charge is 0.484 e. The number of nitrogens with zero attached hydrogens (tertiary/aromatic N) is 1. The highest BCUT2D eigenvalue weighted by molar-refractivity contribution is 6.42. The Labute approximate surface area is 155 Å². The summed E-state index contributed by atoms with van der Waals surface area (Å²) in [5.41, 5.74) is 1.27. The molecule has 3 rings (SSSR count). The molecule has 0 fully saturated rings. The average Bonchev–Trinajstić information content (AvgIpc) is 2.70. The van der Waals surface area contributed by atoms with Crippen molar-refractivity contribution in [2.75, 3.05) is 16.8 Å². The zero-order chi connectivity index (χ0) is 18.0. The maximum atomic E-state index is 12.8. The van der Waals surface area contributed by atoms with Crippen LogP contribution in [0.15, 0.2) is 42.5 Å². The molecule has 7 heteroatoms. The Balaban J connectivity index is 1.80. The van der Waals surface area contributed by atoms with Crippen LogP contribution in [0.2, 0.25) is 10.0 Å². The molecule has 0 aliphatic carbocycles. The SMILES string of the molecule is CC1CC(=O)Nc2ccccc2N1C(=O)COc1ccc(Cl)c(Cl)c1. The van der Waals surface area contributed by atoms with Crippen LogP contribution < -0.4 is 15.0 Å². The summed E-state index contributed by atoms with van der Waals surface area (Å²) in [6.07, 6.45) is 0.215. The second kappa shape index (κ2) is 7.33. The van der Waals surface area contributed by atoms with Crippen LogP contribution in [-0.4, -0.2) is 24.5 Å². The van der Waals surface area contributed by atoms with Crippen LogP contribution in [0, 0.1) is 0 Å². The van der Waals surface area contributed by atoms with Gasteiger partial charge >= 0.3 is 0 Å². The lowest BCUT2D eigenvalue weighted by Crippen LogP contribution is -2.41. The topological polar surface area (TPSA) is 58.6 Å². The maximum Gasteiger partial charge on any atom is 0.265 e. The lowest BCUT2D eigenvalue weighted by atomic mass is 10.1. The van der Waals surface area contributed by atoms with Crippen LogP contribution in [-0.2, 0) is 9.59 Å². The monoisotopic (exact) mass is 378 g/mol. The third-order valence-electron chi connectivity index (χ3n) is 3.88. The molecule has 2 aromatic carbocycles. The Morgan fingerprint density at radius 3 is 2.76 bits per heavy atom. The third kappa shape index (κ3) is 3.89. The van der Waals surface area contributed by atoms with E-state index in [4.69, 9.17) is 27.9 Å². The molecule has 1 unspecified atom stereocenters. The van der Waals surface area contributed by atoms with E-state index < -0.39 is 0 Å². The van der Waals surface area contributed by atoms with Gasteiger partial charge in [0, 0.05) is 18.5 Å². The number of halogens is 2. The van der Waals surface area contributed by atoms with E-state index in [2.05, 4.69) is 5.32 Å². The fourth-order valence-corrected chi connectivity index (χ4v) is 3.04. The molecule has 1 aliphatic heterocycles. The van der Waals surface area contributed by atoms with Crippen LogP contribution in [0.25, 0.3) is 0 Å². The molecular formula is C18H16Cl2N2O3. The van der Waals surface area contributed by atoms with E-state index in [0.29, 0.717) is 27.2 Å².